The van der Waals surface area contributed by atoms with Crippen molar-refractivity contribution in [3.05, 3.63) is 50.0 Å². The number of halogens is 3. The molecule has 2 rings (SSSR count). The highest BCUT2D eigenvalue weighted by atomic mass is 127. The molecule has 0 fully saturated rings. The summed E-state index contributed by atoms with van der Waals surface area (Å²) in [6.45, 7) is 0. The molecule has 0 atom stereocenters. The molecule has 3 N–H and O–H groups in total. The molecule has 0 bridgehead atoms. The van der Waals surface area contributed by atoms with Gasteiger partial charge in [0.25, 0.3) is 0 Å². The van der Waals surface area contributed by atoms with Gasteiger partial charge in [-0.25, -0.2) is 0 Å². The fourth-order valence-corrected chi connectivity index (χ4v) is 2.47. The van der Waals surface area contributed by atoms with E-state index in [1.54, 1.807) is 12.1 Å². The zero-order valence-electron chi connectivity index (χ0n) is 8.68. The number of hydrogen-bond acceptors (Lipinski definition) is 2. The van der Waals surface area contributed by atoms with E-state index in [1.165, 1.54) is 0 Å². The average Bonchev–Trinajstić information content (AvgIpc) is 2.25. The van der Waals surface area contributed by atoms with Crippen LogP contribution in [0.3, 0.4) is 0 Å². The van der Waals surface area contributed by atoms with Gasteiger partial charge in [-0.05, 0) is 59.0 Å². The van der Waals surface area contributed by atoms with Gasteiger partial charge in [0.05, 0.1) is 22.1 Å². The minimum Gasteiger partial charge on any atom is -0.397 e. The summed E-state index contributed by atoms with van der Waals surface area (Å²) in [6.07, 6.45) is 0. The molecular weight excluding hydrogens is 370 g/mol. The summed E-state index contributed by atoms with van der Waals surface area (Å²) < 4.78 is 1.09. The second-order valence-electron chi connectivity index (χ2n) is 3.48. The van der Waals surface area contributed by atoms with Crippen LogP contribution in [-0.4, -0.2) is 0 Å². The molecule has 0 aliphatic carbocycles. The highest BCUT2D eigenvalue weighted by Crippen LogP contribution is 2.30. The molecule has 2 nitrogen and oxygen atoms in total. The molecule has 2 aromatic carbocycles. The number of benzene rings is 2. The van der Waals surface area contributed by atoms with Crippen molar-refractivity contribution >= 4 is 62.9 Å². The van der Waals surface area contributed by atoms with Crippen LogP contribution in [0, 0.1) is 3.57 Å². The van der Waals surface area contributed by atoms with E-state index in [0.717, 1.165) is 14.9 Å². The van der Waals surface area contributed by atoms with Crippen LogP contribution in [0.5, 0.6) is 0 Å². The molecule has 88 valence electrons. The summed E-state index contributed by atoms with van der Waals surface area (Å²) in [6, 6.07) is 11.1. The Balaban J connectivity index is 2.31. The lowest BCUT2D eigenvalue weighted by atomic mass is 10.2. The third kappa shape index (κ3) is 3.18. The Morgan fingerprint density at radius 3 is 2.35 bits per heavy atom. The van der Waals surface area contributed by atoms with Crippen molar-refractivity contribution in [2.75, 3.05) is 11.1 Å². The van der Waals surface area contributed by atoms with E-state index in [4.69, 9.17) is 28.9 Å². The quantitative estimate of drug-likeness (QED) is 0.574. The van der Waals surface area contributed by atoms with Gasteiger partial charge in [-0.3, -0.25) is 0 Å². The molecule has 0 radical (unpaired) electrons. The van der Waals surface area contributed by atoms with E-state index in [9.17, 15) is 0 Å². The van der Waals surface area contributed by atoms with E-state index < -0.39 is 0 Å². The molecule has 0 aromatic heterocycles. The fourth-order valence-electron chi connectivity index (χ4n) is 1.38. The molecule has 0 amide bonds. The molecule has 0 saturated heterocycles. The standard InChI is InChI=1S/C12H9Cl2IN2/c13-7-1-3-12(10(16)5-7)17-11-4-2-8(15)6-9(11)14/h1-6,17H,16H2. The molecule has 2 aromatic rings. The lowest BCUT2D eigenvalue weighted by Crippen LogP contribution is -1.96. The van der Waals surface area contributed by atoms with Crippen molar-refractivity contribution in [3.63, 3.8) is 0 Å². The van der Waals surface area contributed by atoms with Crippen LogP contribution in [0.25, 0.3) is 0 Å². The number of nitrogens with one attached hydrogen (secondary N) is 1. The smallest absolute Gasteiger partial charge is 0.0651 e. The topological polar surface area (TPSA) is 38.0 Å². The molecule has 0 unspecified atom stereocenters. The van der Waals surface area contributed by atoms with Gasteiger partial charge in [0.1, 0.15) is 0 Å². The van der Waals surface area contributed by atoms with Gasteiger partial charge in [-0.1, -0.05) is 23.2 Å². The minimum absolute atomic E-state index is 0.590. The van der Waals surface area contributed by atoms with Crippen molar-refractivity contribution in [2.24, 2.45) is 0 Å². The monoisotopic (exact) mass is 378 g/mol. The molecule has 17 heavy (non-hydrogen) atoms. The summed E-state index contributed by atoms with van der Waals surface area (Å²) in [5.74, 6) is 0. The third-order valence-electron chi connectivity index (χ3n) is 2.21. The van der Waals surface area contributed by atoms with Gasteiger partial charge in [-0.15, -0.1) is 0 Å². The van der Waals surface area contributed by atoms with Crippen LogP contribution >= 0.6 is 45.8 Å². The number of hydrogen-bond donors (Lipinski definition) is 2. The second-order valence-corrected chi connectivity index (χ2v) is 5.57. The highest BCUT2D eigenvalue weighted by molar-refractivity contribution is 14.1. The zero-order valence-corrected chi connectivity index (χ0v) is 12.3. The predicted octanol–water partition coefficient (Wildman–Crippen LogP) is 4.92. The number of nitrogen functional groups attached to an aromatic ring is 1. The Morgan fingerprint density at radius 1 is 1.00 bits per heavy atom. The molecule has 0 aliphatic rings. The van der Waals surface area contributed by atoms with Crippen molar-refractivity contribution in [3.8, 4) is 0 Å². The first-order valence-corrected chi connectivity index (χ1v) is 6.67. The zero-order chi connectivity index (χ0) is 12.4. The first kappa shape index (κ1) is 12.8. The van der Waals surface area contributed by atoms with E-state index in [2.05, 4.69) is 27.9 Å². The Labute approximate surface area is 123 Å². The van der Waals surface area contributed by atoms with Crippen LogP contribution in [-0.2, 0) is 0 Å². The van der Waals surface area contributed by atoms with Gasteiger partial charge in [-0.2, -0.15) is 0 Å². The fraction of sp³-hybridized carbons (Fsp3) is 0. The van der Waals surface area contributed by atoms with Gasteiger partial charge >= 0.3 is 0 Å². The van der Waals surface area contributed by atoms with Crippen LogP contribution < -0.4 is 11.1 Å². The molecule has 0 saturated carbocycles. The maximum Gasteiger partial charge on any atom is 0.0651 e. The predicted molar refractivity (Wildman–Crippen MR) is 83.3 cm³/mol. The lowest BCUT2D eigenvalue weighted by Gasteiger charge is -2.11. The van der Waals surface area contributed by atoms with Crippen molar-refractivity contribution < 1.29 is 0 Å². The summed E-state index contributed by atoms with van der Waals surface area (Å²) >= 11 is 14.2. The summed E-state index contributed by atoms with van der Waals surface area (Å²) in [7, 11) is 0. The van der Waals surface area contributed by atoms with E-state index in [-0.39, 0.29) is 0 Å². The van der Waals surface area contributed by atoms with Crippen LogP contribution in [0.2, 0.25) is 10.0 Å². The third-order valence-corrected chi connectivity index (χ3v) is 3.43. The minimum atomic E-state index is 0.590. The van der Waals surface area contributed by atoms with Crippen molar-refractivity contribution in [1.82, 2.24) is 0 Å². The maximum absolute atomic E-state index is 6.13. The largest absolute Gasteiger partial charge is 0.397 e. The maximum atomic E-state index is 6.13. The van der Waals surface area contributed by atoms with Crippen molar-refractivity contribution in [2.45, 2.75) is 0 Å². The summed E-state index contributed by atoms with van der Waals surface area (Å²) in [5, 5.41) is 4.45. The van der Waals surface area contributed by atoms with Crippen molar-refractivity contribution in [1.29, 1.82) is 0 Å². The van der Waals surface area contributed by atoms with E-state index in [1.807, 2.05) is 24.3 Å². The number of rotatable bonds is 2. The highest BCUT2D eigenvalue weighted by Gasteiger charge is 2.04. The van der Waals surface area contributed by atoms with E-state index >= 15 is 0 Å². The van der Waals surface area contributed by atoms with Gasteiger partial charge < -0.3 is 11.1 Å². The lowest BCUT2D eigenvalue weighted by molar-refractivity contribution is 1.53. The Hall–Kier alpha value is -0.650. The molecule has 0 spiro atoms. The second kappa shape index (κ2) is 5.33. The first-order chi connectivity index (χ1) is 8.06. The Morgan fingerprint density at radius 2 is 1.71 bits per heavy atom. The SMILES string of the molecule is Nc1cc(Cl)ccc1Nc1ccc(I)cc1Cl. The van der Waals surface area contributed by atoms with Gasteiger partial charge in [0.2, 0.25) is 0 Å². The van der Waals surface area contributed by atoms with Crippen LogP contribution in [0.4, 0.5) is 17.1 Å². The Bertz CT molecular complexity index is 509. The van der Waals surface area contributed by atoms with E-state index in [0.29, 0.717) is 15.7 Å². The average molecular weight is 379 g/mol. The van der Waals surface area contributed by atoms with Gasteiger partial charge in [0, 0.05) is 8.59 Å². The van der Waals surface area contributed by atoms with Gasteiger partial charge in [0.15, 0.2) is 0 Å². The van der Waals surface area contributed by atoms with Crippen LogP contribution in [0.15, 0.2) is 36.4 Å². The first-order valence-electron chi connectivity index (χ1n) is 4.83. The molecule has 5 heteroatoms. The normalized spacial score (nSPS) is 10.3. The number of nitrogens with two attached hydrogens (primary N) is 1. The summed E-state index contributed by atoms with van der Waals surface area (Å²) in [4.78, 5) is 0. The molecule has 0 aliphatic heterocycles. The molecule has 0 heterocycles. The number of anilines is 3. The van der Waals surface area contributed by atoms with Crippen LogP contribution in [0.1, 0.15) is 0 Å². The summed E-state index contributed by atoms with van der Waals surface area (Å²) in [5.41, 5.74) is 8.06. The Kier molecular flexibility index (Phi) is 4.01. The molecular formula is C12H9Cl2IN2.